The maximum atomic E-state index is 6.15. The van der Waals surface area contributed by atoms with Crippen LogP contribution in [0, 0.1) is 6.92 Å². The van der Waals surface area contributed by atoms with E-state index in [0.29, 0.717) is 12.4 Å². The molecule has 25 heavy (non-hydrogen) atoms. The van der Waals surface area contributed by atoms with Crippen molar-refractivity contribution in [3.8, 4) is 0 Å². The summed E-state index contributed by atoms with van der Waals surface area (Å²) in [5, 5.41) is 7.85. The first-order chi connectivity index (χ1) is 12.1. The van der Waals surface area contributed by atoms with Crippen LogP contribution in [0.1, 0.15) is 42.3 Å². The van der Waals surface area contributed by atoms with Gasteiger partial charge in [-0.15, -0.1) is 5.10 Å². The summed E-state index contributed by atoms with van der Waals surface area (Å²) in [6.45, 7) is 3.38. The highest BCUT2D eigenvalue weighted by molar-refractivity contribution is 9.10. The van der Waals surface area contributed by atoms with Crippen molar-refractivity contribution in [3.05, 3.63) is 45.2 Å². The highest BCUT2D eigenvalue weighted by atomic mass is 79.9. The fraction of sp³-hybridized carbons (Fsp3) is 0.412. The number of ether oxygens (including phenoxy) is 1. The number of hydrogen-bond donors (Lipinski definition) is 1. The lowest BCUT2D eigenvalue weighted by Gasteiger charge is -2.23. The Hall–Kier alpha value is -1.57. The van der Waals surface area contributed by atoms with Crippen molar-refractivity contribution in [2.45, 2.75) is 38.8 Å². The van der Waals surface area contributed by atoms with Crippen LogP contribution >= 0.6 is 27.5 Å². The molecule has 0 aliphatic carbocycles. The van der Waals surface area contributed by atoms with Crippen LogP contribution in [0.15, 0.2) is 27.4 Å². The van der Waals surface area contributed by atoms with Gasteiger partial charge in [0.2, 0.25) is 5.28 Å². The van der Waals surface area contributed by atoms with Crippen molar-refractivity contribution in [1.82, 2.24) is 14.6 Å². The number of nitrogens with one attached hydrogen (secondary N) is 1. The molecule has 1 aliphatic heterocycles. The van der Waals surface area contributed by atoms with Crippen molar-refractivity contribution in [1.29, 1.82) is 0 Å². The van der Waals surface area contributed by atoms with Gasteiger partial charge < -0.3 is 14.5 Å². The van der Waals surface area contributed by atoms with Gasteiger partial charge in [-0.1, -0.05) is 0 Å². The Balaban J connectivity index is 1.77. The molecule has 1 unspecified atom stereocenters. The van der Waals surface area contributed by atoms with E-state index >= 15 is 0 Å². The molecule has 1 N–H and O–H groups in total. The first-order valence-corrected chi connectivity index (χ1v) is 9.44. The molecule has 6 nitrogen and oxygen atoms in total. The van der Waals surface area contributed by atoms with Crippen LogP contribution in [0.4, 0.5) is 5.82 Å². The smallest absolute Gasteiger partial charge is 0.243 e. The average Bonchev–Trinajstić information content (AvgIpc) is 3.21. The Morgan fingerprint density at radius 3 is 3.04 bits per heavy atom. The highest BCUT2D eigenvalue weighted by Gasteiger charge is 2.27. The second-order valence-electron chi connectivity index (χ2n) is 6.11. The minimum Gasteiger partial charge on any atom is -0.467 e. The van der Waals surface area contributed by atoms with E-state index in [0.717, 1.165) is 46.5 Å². The number of anilines is 1. The van der Waals surface area contributed by atoms with Gasteiger partial charge in [0.1, 0.15) is 15.9 Å². The van der Waals surface area contributed by atoms with E-state index in [9.17, 15) is 0 Å². The third-order valence-corrected chi connectivity index (χ3v) is 5.43. The van der Waals surface area contributed by atoms with Crippen LogP contribution in [-0.4, -0.2) is 21.2 Å². The van der Waals surface area contributed by atoms with Gasteiger partial charge >= 0.3 is 0 Å². The van der Waals surface area contributed by atoms with Gasteiger partial charge in [0.25, 0.3) is 0 Å². The topological polar surface area (TPSA) is 64.6 Å². The molecule has 4 heterocycles. The van der Waals surface area contributed by atoms with E-state index in [-0.39, 0.29) is 11.4 Å². The molecule has 4 rings (SSSR count). The second kappa shape index (κ2) is 6.97. The number of aromatic nitrogens is 3. The summed E-state index contributed by atoms with van der Waals surface area (Å²) in [7, 11) is 0. The number of fused-ring (bicyclic) bond motifs is 1. The number of furan rings is 1. The monoisotopic (exact) mass is 424 g/mol. The Kier molecular flexibility index (Phi) is 4.71. The summed E-state index contributed by atoms with van der Waals surface area (Å²) >= 11 is 9.83. The summed E-state index contributed by atoms with van der Waals surface area (Å²) in [4.78, 5) is 4.38. The molecule has 0 spiro atoms. The fourth-order valence-corrected chi connectivity index (χ4v) is 4.29. The zero-order chi connectivity index (χ0) is 17.4. The Labute approximate surface area is 158 Å². The Morgan fingerprint density at radius 2 is 2.32 bits per heavy atom. The summed E-state index contributed by atoms with van der Waals surface area (Å²) < 4.78 is 14.0. The second-order valence-corrected chi connectivity index (χ2v) is 7.20. The van der Waals surface area contributed by atoms with Crippen LogP contribution in [0.25, 0.3) is 5.52 Å². The molecule has 0 saturated carbocycles. The fourth-order valence-electron chi connectivity index (χ4n) is 3.33. The predicted octanol–water partition coefficient (Wildman–Crippen LogP) is 4.90. The van der Waals surface area contributed by atoms with Gasteiger partial charge in [-0.05, 0) is 71.4 Å². The van der Waals surface area contributed by atoms with E-state index < -0.39 is 0 Å². The van der Waals surface area contributed by atoms with Gasteiger partial charge in [0.15, 0.2) is 5.82 Å². The number of halogens is 2. The van der Waals surface area contributed by atoms with E-state index in [1.165, 1.54) is 6.42 Å². The van der Waals surface area contributed by atoms with Gasteiger partial charge in [-0.2, -0.15) is 4.98 Å². The summed E-state index contributed by atoms with van der Waals surface area (Å²) in [6, 6.07) is 3.77. The van der Waals surface area contributed by atoms with Crippen LogP contribution in [0.3, 0.4) is 0 Å². The van der Waals surface area contributed by atoms with Crippen molar-refractivity contribution in [2.75, 3.05) is 11.9 Å². The lowest BCUT2D eigenvalue weighted by atomic mass is 10.0. The number of rotatable bonds is 4. The number of hydrogen-bond acceptors (Lipinski definition) is 5. The van der Waals surface area contributed by atoms with Crippen LogP contribution in [-0.2, 0) is 11.3 Å². The molecule has 0 radical (unpaired) electrons. The molecule has 0 amide bonds. The number of nitrogens with zero attached hydrogens (tertiary/aromatic N) is 3. The summed E-state index contributed by atoms with van der Waals surface area (Å²) in [5.41, 5.74) is 3.11. The molecule has 3 aromatic heterocycles. The molecular weight excluding hydrogens is 408 g/mol. The maximum Gasteiger partial charge on any atom is 0.243 e. The van der Waals surface area contributed by atoms with Gasteiger partial charge in [-0.3, -0.25) is 0 Å². The van der Waals surface area contributed by atoms with Gasteiger partial charge in [-0.25, -0.2) is 4.52 Å². The van der Waals surface area contributed by atoms with Crippen molar-refractivity contribution < 1.29 is 9.15 Å². The minimum absolute atomic E-state index is 0.0709. The van der Waals surface area contributed by atoms with Gasteiger partial charge in [0.05, 0.1) is 18.9 Å². The zero-order valence-corrected chi connectivity index (χ0v) is 16.1. The zero-order valence-electron chi connectivity index (χ0n) is 13.8. The summed E-state index contributed by atoms with van der Waals surface area (Å²) in [6.07, 6.45) is 5.01. The normalized spacial score (nSPS) is 18.0. The first kappa shape index (κ1) is 16.9. The molecule has 8 heteroatoms. The molecule has 1 aliphatic rings. The summed E-state index contributed by atoms with van der Waals surface area (Å²) in [5.74, 6) is 1.50. The molecule has 0 bridgehead atoms. The molecule has 0 aromatic carbocycles. The number of aryl methyl sites for hydroxylation is 1. The molecular formula is C17H18BrClN4O2. The van der Waals surface area contributed by atoms with Crippen molar-refractivity contribution in [2.24, 2.45) is 0 Å². The predicted molar refractivity (Wildman–Crippen MR) is 99.0 cm³/mol. The van der Waals surface area contributed by atoms with Crippen LogP contribution in [0.5, 0.6) is 0 Å². The quantitative estimate of drug-likeness (QED) is 0.644. The Bertz CT molecular complexity index is 888. The Morgan fingerprint density at radius 1 is 1.44 bits per heavy atom. The molecule has 1 saturated heterocycles. The first-order valence-electron chi connectivity index (χ1n) is 8.27. The van der Waals surface area contributed by atoms with Crippen LogP contribution in [0.2, 0.25) is 5.28 Å². The van der Waals surface area contributed by atoms with Crippen molar-refractivity contribution in [3.63, 3.8) is 0 Å². The molecule has 132 valence electrons. The molecule has 1 fully saturated rings. The third-order valence-electron chi connectivity index (χ3n) is 4.50. The van der Waals surface area contributed by atoms with Crippen molar-refractivity contribution >= 4 is 38.9 Å². The molecule has 3 aromatic rings. The third kappa shape index (κ3) is 3.16. The van der Waals surface area contributed by atoms with Gasteiger partial charge in [0, 0.05) is 12.2 Å². The lowest BCUT2D eigenvalue weighted by Crippen LogP contribution is -2.12. The van der Waals surface area contributed by atoms with E-state index in [2.05, 4.69) is 38.3 Å². The lowest BCUT2D eigenvalue weighted by molar-refractivity contribution is 0.0142. The van der Waals surface area contributed by atoms with E-state index in [4.69, 9.17) is 20.8 Å². The maximum absolute atomic E-state index is 6.15. The SMILES string of the molecule is Cc1c(C2CCCCO2)c(Br)n2nc(Cl)nc(NCc3ccco3)c12. The molecule has 1 atom stereocenters. The minimum atomic E-state index is 0.0709. The van der Waals surface area contributed by atoms with Crippen LogP contribution < -0.4 is 5.32 Å². The van der Waals surface area contributed by atoms with E-state index in [1.54, 1.807) is 10.8 Å². The largest absolute Gasteiger partial charge is 0.467 e. The standard InChI is InChI=1S/C17H18BrClN4O2/c1-10-13(12-6-2-3-7-25-12)15(18)23-14(10)16(21-17(19)22-23)20-9-11-5-4-8-24-11/h4-5,8,12H,2-3,6-7,9H2,1H3,(H,20,21,22). The average molecular weight is 426 g/mol. The highest BCUT2D eigenvalue weighted by Crippen LogP contribution is 2.39. The van der Waals surface area contributed by atoms with E-state index in [1.807, 2.05) is 12.1 Å².